The first-order valence-corrected chi connectivity index (χ1v) is 3.60. The lowest BCUT2D eigenvalue weighted by molar-refractivity contribution is 0.206. The van der Waals surface area contributed by atoms with E-state index < -0.39 is 0 Å². The van der Waals surface area contributed by atoms with E-state index >= 15 is 0 Å². The van der Waals surface area contributed by atoms with Crippen LogP contribution in [0.15, 0.2) is 0 Å². The predicted molar refractivity (Wildman–Crippen MR) is 37.2 cm³/mol. The van der Waals surface area contributed by atoms with E-state index in [0.717, 1.165) is 19.4 Å². The SMILES string of the molecule is N#C[C@H]1CCN[C@H](CO)C1. The molecule has 1 fully saturated rings. The van der Waals surface area contributed by atoms with Crippen molar-refractivity contribution in [2.24, 2.45) is 5.92 Å². The van der Waals surface area contributed by atoms with Crippen molar-refractivity contribution >= 4 is 0 Å². The van der Waals surface area contributed by atoms with E-state index in [1.807, 2.05) is 0 Å². The molecule has 0 unspecified atom stereocenters. The number of hydrogen-bond acceptors (Lipinski definition) is 3. The van der Waals surface area contributed by atoms with Gasteiger partial charge in [0.2, 0.25) is 0 Å². The molecule has 0 amide bonds. The number of piperidine rings is 1. The number of aliphatic hydroxyl groups excluding tert-OH is 1. The molecule has 0 radical (unpaired) electrons. The Morgan fingerprint density at radius 2 is 2.50 bits per heavy atom. The number of aliphatic hydroxyl groups is 1. The van der Waals surface area contributed by atoms with Gasteiger partial charge in [0.05, 0.1) is 12.7 Å². The predicted octanol–water partition coefficient (Wildman–Crippen LogP) is -0.130. The third-order valence-electron chi connectivity index (χ3n) is 1.90. The zero-order chi connectivity index (χ0) is 7.40. The minimum absolute atomic E-state index is 0.151. The molecule has 2 atom stereocenters. The van der Waals surface area contributed by atoms with Gasteiger partial charge < -0.3 is 10.4 Å². The van der Waals surface area contributed by atoms with Crippen LogP contribution in [-0.4, -0.2) is 24.3 Å². The molecule has 2 N–H and O–H groups in total. The molecule has 56 valence electrons. The summed E-state index contributed by atoms with van der Waals surface area (Å²) in [6.45, 7) is 1.02. The minimum Gasteiger partial charge on any atom is -0.395 e. The zero-order valence-electron chi connectivity index (χ0n) is 5.88. The topological polar surface area (TPSA) is 56.0 Å². The fourth-order valence-corrected chi connectivity index (χ4v) is 1.26. The van der Waals surface area contributed by atoms with Gasteiger partial charge in [0.25, 0.3) is 0 Å². The summed E-state index contributed by atoms with van der Waals surface area (Å²) in [6.07, 6.45) is 1.72. The number of hydrogen-bond donors (Lipinski definition) is 2. The van der Waals surface area contributed by atoms with Gasteiger partial charge in [0.15, 0.2) is 0 Å². The van der Waals surface area contributed by atoms with Crippen molar-refractivity contribution in [2.45, 2.75) is 18.9 Å². The molecule has 1 heterocycles. The molecule has 0 aromatic heterocycles. The van der Waals surface area contributed by atoms with Crippen LogP contribution in [0, 0.1) is 17.2 Å². The summed E-state index contributed by atoms with van der Waals surface area (Å²) in [4.78, 5) is 0. The highest BCUT2D eigenvalue weighted by molar-refractivity contribution is 4.90. The zero-order valence-corrected chi connectivity index (χ0v) is 5.88. The van der Waals surface area contributed by atoms with Crippen LogP contribution in [-0.2, 0) is 0 Å². The van der Waals surface area contributed by atoms with Crippen LogP contribution in [0.25, 0.3) is 0 Å². The van der Waals surface area contributed by atoms with Gasteiger partial charge in [-0.15, -0.1) is 0 Å². The Kier molecular flexibility index (Phi) is 2.67. The summed E-state index contributed by atoms with van der Waals surface area (Å²) < 4.78 is 0. The van der Waals surface area contributed by atoms with Crippen LogP contribution in [0.5, 0.6) is 0 Å². The molecule has 0 spiro atoms. The average molecular weight is 140 g/mol. The number of nitriles is 1. The maximum Gasteiger partial charge on any atom is 0.0656 e. The third kappa shape index (κ3) is 1.69. The van der Waals surface area contributed by atoms with Crippen molar-refractivity contribution in [1.82, 2.24) is 5.32 Å². The van der Waals surface area contributed by atoms with Crippen molar-refractivity contribution in [3.63, 3.8) is 0 Å². The van der Waals surface area contributed by atoms with Gasteiger partial charge in [-0.25, -0.2) is 0 Å². The van der Waals surface area contributed by atoms with Crippen LogP contribution in [0.3, 0.4) is 0 Å². The molecular formula is C7H12N2O. The first-order valence-electron chi connectivity index (χ1n) is 3.60. The highest BCUT2D eigenvalue weighted by Gasteiger charge is 2.19. The Morgan fingerprint density at radius 1 is 1.70 bits per heavy atom. The van der Waals surface area contributed by atoms with Gasteiger partial charge >= 0.3 is 0 Å². The lowest BCUT2D eigenvalue weighted by atomic mass is 9.94. The fraction of sp³-hybridized carbons (Fsp3) is 0.857. The molecule has 0 aliphatic carbocycles. The number of nitrogens with zero attached hydrogens (tertiary/aromatic N) is 1. The van der Waals surface area contributed by atoms with E-state index in [1.165, 1.54) is 0 Å². The summed E-state index contributed by atoms with van der Waals surface area (Å²) in [5.41, 5.74) is 0. The Bertz CT molecular complexity index is 141. The van der Waals surface area contributed by atoms with Crippen molar-refractivity contribution in [1.29, 1.82) is 5.26 Å². The average Bonchev–Trinajstić information content (AvgIpc) is 2.05. The quantitative estimate of drug-likeness (QED) is 0.533. The van der Waals surface area contributed by atoms with Crippen LogP contribution in [0.1, 0.15) is 12.8 Å². The Balaban J connectivity index is 2.33. The van der Waals surface area contributed by atoms with Gasteiger partial charge in [-0.3, -0.25) is 0 Å². The Labute approximate surface area is 60.7 Å². The second-order valence-electron chi connectivity index (χ2n) is 2.68. The van der Waals surface area contributed by atoms with Crippen molar-refractivity contribution in [3.8, 4) is 6.07 Å². The maximum absolute atomic E-state index is 8.73. The van der Waals surface area contributed by atoms with E-state index in [2.05, 4.69) is 11.4 Å². The lowest BCUT2D eigenvalue weighted by Crippen LogP contribution is -2.40. The summed E-state index contributed by atoms with van der Waals surface area (Å²) in [6, 6.07) is 2.37. The third-order valence-corrected chi connectivity index (χ3v) is 1.90. The summed E-state index contributed by atoms with van der Waals surface area (Å²) >= 11 is 0. The van der Waals surface area contributed by atoms with Crippen molar-refractivity contribution < 1.29 is 5.11 Å². The molecule has 3 heteroatoms. The van der Waals surface area contributed by atoms with E-state index in [4.69, 9.17) is 10.4 Å². The van der Waals surface area contributed by atoms with E-state index in [0.29, 0.717) is 0 Å². The smallest absolute Gasteiger partial charge is 0.0656 e. The van der Waals surface area contributed by atoms with Gasteiger partial charge in [-0.05, 0) is 19.4 Å². The molecule has 0 bridgehead atoms. The Hall–Kier alpha value is -0.590. The van der Waals surface area contributed by atoms with Gasteiger partial charge in [0.1, 0.15) is 0 Å². The lowest BCUT2D eigenvalue weighted by Gasteiger charge is -2.24. The second kappa shape index (κ2) is 3.55. The van der Waals surface area contributed by atoms with Crippen molar-refractivity contribution in [2.75, 3.05) is 13.2 Å². The molecule has 1 aliphatic rings. The normalized spacial score (nSPS) is 33.2. The molecule has 3 nitrogen and oxygen atoms in total. The molecule has 1 rings (SSSR count). The summed E-state index contributed by atoms with van der Waals surface area (Å²) in [5, 5.41) is 20.4. The molecule has 0 aromatic rings. The number of rotatable bonds is 1. The van der Waals surface area contributed by atoms with Gasteiger partial charge in [0, 0.05) is 12.0 Å². The first kappa shape index (κ1) is 7.52. The first-order chi connectivity index (χ1) is 4.86. The Morgan fingerprint density at radius 3 is 3.10 bits per heavy atom. The van der Waals surface area contributed by atoms with E-state index in [1.54, 1.807) is 0 Å². The summed E-state index contributed by atoms with van der Waals surface area (Å²) in [7, 11) is 0. The molecule has 1 aliphatic heterocycles. The largest absolute Gasteiger partial charge is 0.395 e. The maximum atomic E-state index is 8.73. The monoisotopic (exact) mass is 140 g/mol. The summed E-state index contributed by atoms with van der Waals surface area (Å²) in [5.74, 6) is 0.151. The fourth-order valence-electron chi connectivity index (χ4n) is 1.26. The standard InChI is InChI=1S/C7H12N2O/c8-4-6-1-2-9-7(3-6)5-10/h6-7,9-10H,1-3,5H2/t6-,7-/m0/s1. The van der Waals surface area contributed by atoms with Crippen LogP contribution >= 0.6 is 0 Å². The molecule has 1 saturated heterocycles. The van der Waals surface area contributed by atoms with E-state index in [9.17, 15) is 0 Å². The van der Waals surface area contributed by atoms with Gasteiger partial charge in [-0.1, -0.05) is 0 Å². The highest BCUT2D eigenvalue weighted by Crippen LogP contribution is 2.13. The molecule has 0 aromatic carbocycles. The van der Waals surface area contributed by atoms with Crippen LogP contribution in [0.4, 0.5) is 0 Å². The molecule has 0 saturated carbocycles. The number of nitrogens with one attached hydrogen (secondary N) is 1. The molecule has 10 heavy (non-hydrogen) atoms. The van der Waals surface area contributed by atoms with Crippen molar-refractivity contribution in [3.05, 3.63) is 0 Å². The van der Waals surface area contributed by atoms with E-state index in [-0.39, 0.29) is 18.6 Å². The van der Waals surface area contributed by atoms with Gasteiger partial charge in [-0.2, -0.15) is 5.26 Å². The molecular weight excluding hydrogens is 128 g/mol. The highest BCUT2D eigenvalue weighted by atomic mass is 16.3. The minimum atomic E-state index is 0.151. The van der Waals surface area contributed by atoms with Crippen LogP contribution < -0.4 is 5.32 Å². The second-order valence-corrected chi connectivity index (χ2v) is 2.68. The van der Waals surface area contributed by atoms with Crippen LogP contribution in [0.2, 0.25) is 0 Å².